The van der Waals surface area contributed by atoms with Crippen LogP contribution >= 0.6 is 0 Å². The number of anilines is 1. The molecule has 0 aliphatic carbocycles. The Labute approximate surface area is 145 Å². The maximum atomic E-state index is 13.1. The van der Waals surface area contributed by atoms with E-state index in [1.165, 1.54) is 35.5 Å². The van der Waals surface area contributed by atoms with Crippen LogP contribution in [0.3, 0.4) is 0 Å². The molecule has 0 saturated carbocycles. The molecule has 1 aromatic carbocycles. The molecule has 25 heavy (non-hydrogen) atoms. The molecule has 1 aromatic heterocycles. The van der Waals surface area contributed by atoms with Crippen LogP contribution in [0.4, 0.5) is 14.9 Å². The maximum Gasteiger partial charge on any atom is 0.332 e. The lowest BCUT2D eigenvalue weighted by molar-refractivity contribution is -0.127. The Hall–Kier alpha value is -2.77. The molecular formula is C17H20FN5O2. The number of nitrogens with zero attached hydrogens (tertiary/aromatic N) is 5. The van der Waals surface area contributed by atoms with Crippen LogP contribution in [-0.4, -0.2) is 37.6 Å². The number of hydrogen-bond donors (Lipinski definition) is 0. The van der Waals surface area contributed by atoms with Crippen LogP contribution in [0.15, 0.2) is 30.6 Å². The first-order valence-electron chi connectivity index (χ1n) is 7.99. The van der Waals surface area contributed by atoms with Crippen molar-refractivity contribution in [1.82, 2.24) is 19.7 Å². The van der Waals surface area contributed by atoms with Crippen LogP contribution in [0.5, 0.6) is 0 Å². The van der Waals surface area contributed by atoms with Gasteiger partial charge in [0.1, 0.15) is 24.0 Å². The van der Waals surface area contributed by atoms with Crippen molar-refractivity contribution < 1.29 is 14.0 Å². The first-order chi connectivity index (χ1) is 11.7. The van der Waals surface area contributed by atoms with Crippen molar-refractivity contribution in [1.29, 1.82) is 0 Å². The van der Waals surface area contributed by atoms with Crippen LogP contribution < -0.4 is 4.90 Å². The van der Waals surface area contributed by atoms with Gasteiger partial charge in [0.25, 0.3) is 5.91 Å². The van der Waals surface area contributed by atoms with Gasteiger partial charge in [-0.25, -0.2) is 18.9 Å². The number of hydrogen-bond acceptors (Lipinski definition) is 4. The molecule has 0 unspecified atom stereocenters. The lowest BCUT2D eigenvalue weighted by Gasteiger charge is -2.23. The Balaban J connectivity index is 1.89. The van der Waals surface area contributed by atoms with Crippen LogP contribution in [0, 0.1) is 5.82 Å². The van der Waals surface area contributed by atoms with Crippen molar-refractivity contribution in [3.63, 3.8) is 0 Å². The summed E-state index contributed by atoms with van der Waals surface area (Å²) in [5.41, 5.74) is 0.159. The third-order valence-corrected chi connectivity index (χ3v) is 4.11. The molecule has 1 aliphatic heterocycles. The molecular weight excluding hydrogens is 325 g/mol. The van der Waals surface area contributed by atoms with E-state index in [1.54, 1.807) is 11.6 Å². The molecule has 1 fully saturated rings. The molecule has 2 aromatic rings. The molecule has 3 rings (SSSR count). The number of benzene rings is 1. The van der Waals surface area contributed by atoms with E-state index in [9.17, 15) is 14.0 Å². The average Bonchev–Trinajstić information content (AvgIpc) is 3.09. The number of urea groups is 1. The SMILES string of the molecule is C[C@H]1C(=O)N(Cc2ncnn2C(C)(C)C)C(=O)N1c1ccc(F)cc1. The van der Waals surface area contributed by atoms with Gasteiger partial charge in [-0.3, -0.25) is 14.6 Å². The van der Waals surface area contributed by atoms with Gasteiger partial charge in [0.2, 0.25) is 0 Å². The summed E-state index contributed by atoms with van der Waals surface area (Å²) in [6, 6.07) is 4.38. The predicted octanol–water partition coefficient (Wildman–Crippen LogP) is 2.53. The molecule has 132 valence electrons. The van der Waals surface area contributed by atoms with Gasteiger partial charge in [0, 0.05) is 5.69 Å². The summed E-state index contributed by atoms with van der Waals surface area (Å²) >= 11 is 0. The molecule has 7 nitrogen and oxygen atoms in total. The van der Waals surface area contributed by atoms with Crippen LogP contribution in [0.25, 0.3) is 0 Å². The zero-order valence-electron chi connectivity index (χ0n) is 14.6. The second-order valence-corrected chi connectivity index (χ2v) is 6.99. The van der Waals surface area contributed by atoms with E-state index in [1.807, 2.05) is 20.8 Å². The smallest absolute Gasteiger partial charge is 0.282 e. The highest BCUT2D eigenvalue weighted by Crippen LogP contribution is 2.27. The lowest BCUT2D eigenvalue weighted by Crippen LogP contribution is -2.35. The molecule has 0 bridgehead atoms. The highest BCUT2D eigenvalue weighted by molar-refractivity contribution is 6.13. The fourth-order valence-electron chi connectivity index (χ4n) is 2.88. The number of imide groups is 1. The van der Waals surface area contributed by atoms with Gasteiger partial charge in [0.05, 0.1) is 12.1 Å². The van der Waals surface area contributed by atoms with E-state index in [0.717, 1.165) is 4.90 Å². The van der Waals surface area contributed by atoms with Crippen molar-refractivity contribution in [3.8, 4) is 0 Å². The number of aromatic nitrogens is 3. The summed E-state index contributed by atoms with van der Waals surface area (Å²) in [4.78, 5) is 32.1. The van der Waals surface area contributed by atoms with Gasteiger partial charge < -0.3 is 0 Å². The normalized spacial score (nSPS) is 18.4. The van der Waals surface area contributed by atoms with Gasteiger partial charge in [0.15, 0.2) is 0 Å². The zero-order valence-corrected chi connectivity index (χ0v) is 14.6. The Bertz CT molecular complexity index is 809. The number of carbonyl (C=O) groups excluding carboxylic acids is 2. The van der Waals surface area contributed by atoms with Gasteiger partial charge in [-0.1, -0.05) is 0 Å². The highest BCUT2D eigenvalue weighted by Gasteiger charge is 2.44. The summed E-state index contributed by atoms with van der Waals surface area (Å²) < 4.78 is 14.8. The summed E-state index contributed by atoms with van der Waals surface area (Å²) in [5, 5.41) is 4.19. The Morgan fingerprint density at radius 3 is 2.40 bits per heavy atom. The minimum atomic E-state index is -0.663. The molecule has 3 amide bonds. The minimum absolute atomic E-state index is 0.0387. The van der Waals surface area contributed by atoms with Crippen molar-refractivity contribution in [2.24, 2.45) is 0 Å². The average molecular weight is 345 g/mol. The van der Waals surface area contributed by atoms with E-state index in [0.29, 0.717) is 11.5 Å². The second kappa shape index (κ2) is 5.94. The van der Waals surface area contributed by atoms with Gasteiger partial charge in [-0.2, -0.15) is 5.10 Å². The van der Waals surface area contributed by atoms with Crippen molar-refractivity contribution in [2.75, 3.05) is 4.90 Å². The third-order valence-electron chi connectivity index (χ3n) is 4.11. The first-order valence-corrected chi connectivity index (χ1v) is 7.99. The molecule has 2 heterocycles. The number of amides is 3. The summed E-state index contributed by atoms with van der Waals surface area (Å²) in [7, 11) is 0. The van der Waals surface area contributed by atoms with Crippen LogP contribution in [-0.2, 0) is 16.9 Å². The number of halogens is 1. The topological polar surface area (TPSA) is 71.3 Å². The maximum absolute atomic E-state index is 13.1. The van der Waals surface area contributed by atoms with E-state index in [4.69, 9.17) is 0 Å². The second-order valence-electron chi connectivity index (χ2n) is 6.99. The zero-order chi connectivity index (χ0) is 18.4. The largest absolute Gasteiger partial charge is 0.332 e. The van der Waals surface area contributed by atoms with Gasteiger partial charge in [-0.05, 0) is 52.0 Å². The Morgan fingerprint density at radius 1 is 1.16 bits per heavy atom. The van der Waals surface area contributed by atoms with Gasteiger partial charge in [-0.15, -0.1) is 0 Å². The molecule has 0 N–H and O–H groups in total. The monoisotopic (exact) mass is 345 g/mol. The minimum Gasteiger partial charge on any atom is -0.282 e. The summed E-state index contributed by atoms with van der Waals surface area (Å²) in [6.45, 7) is 7.58. The highest BCUT2D eigenvalue weighted by atomic mass is 19.1. The fourth-order valence-corrected chi connectivity index (χ4v) is 2.88. The lowest BCUT2D eigenvalue weighted by atomic mass is 10.1. The summed E-state index contributed by atoms with van der Waals surface area (Å²) in [5.74, 6) is -0.190. The van der Waals surface area contributed by atoms with Crippen LogP contribution in [0.1, 0.15) is 33.5 Å². The van der Waals surface area contributed by atoms with E-state index >= 15 is 0 Å². The van der Waals surface area contributed by atoms with E-state index in [2.05, 4.69) is 10.1 Å². The summed E-state index contributed by atoms with van der Waals surface area (Å²) in [6.07, 6.45) is 1.41. The molecule has 0 radical (unpaired) electrons. The van der Waals surface area contributed by atoms with Crippen molar-refractivity contribution in [3.05, 3.63) is 42.2 Å². The molecule has 8 heteroatoms. The molecule has 0 spiro atoms. The van der Waals surface area contributed by atoms with Crippen molar-refractivity contribution in [2.45, 2.75) is 45.8 Å². The Kier molecular flexibility index (Phi) is 4.06. The quantitative estimate of drug-likeness (QED) is 0.802. The number of carbonyl (C=O) groups is 2. The van der Waals surface area contributed by atoms with E-state index in [-0.39, 0.29) is 18.0 Å². The van der Waals surface area contributed by atoms with Gasteiger partial charge >= 0.3 is 6.03 Å². The molecule has 1 saturated heterocycles. The van der Waals surface area contributed by atoms with Crippen molar-refractivity contribution >= 4 is 17.6 Å². The first kappa shape index (κ1) is 17.1. The standard InChI is InChI=1S/C17H20FN5O2/c1-11-15(24)21(9-14-19-10-20-23(14)17(2,3)4)16(25)22(11)13-7-5-12(18)6-8-13/h5-8,10-11H,9H2,1-4H3/t11-/m0/s1. The van der Waals surface area contributed by atoms with E-state index < -0.39 is 17.9 Å². The third kappa shape index (κ3) is 2.99. The molecule has 1 atom stereocenters. The fraction of sp³-hybridized carbons (Fsp3) is 0.412. The number of rotatable bonds is 3. The Morgan fingerprint density at radius 2 is 1.80 bits per heavy atom. The van der Waals surface area contributed by atoms with Crippen LogP contribution in [0.2, 0.25) is 0 Å². The molecule has 1 aliphatic rings. The predicted molar refractivity (Wildman–Crippen MR) is 89.3 cm³/mol.